The number of amides is 1. The lowest BCUT2D eigenvalue weighted by atomic mass is 10.1. The van der Waals surface area contributed by atoms with E-state index >= 15 is 0 Å². The van der Waals surface area contributed by atoms with Crippen LogP contribution >= 0.6 is 15.9 Å². The third-order valence-electron chi connectivity index (χ3n) is 4.20. The van der Waals surface area contributed by atoms with Gasteiger partial charge in [0.15, 0.2) is 0 Å². The van der Waals surface area contributed by atoms with Crippen LogP contribution < -0.4 is 9.62 Å². The molecule has 24 heavy (non-hydrogen) atoms. The Balaban J connectivity index is 2.09. The highest BCUT2D eigenvalue weighted by atomic mass is 79.9. The van der Waals surface area contributed by atoms with Crippen LogP contribution in [0.1, 0.15) is 18.4 Å². The maximum absolute atomic E-state index is 12.3. The smallest absolute Gasteiger partial charge is 0.240 e. The van der Waals surface area contributed by atoms with Gasteiger partial charge in [0, 0.05) is 10.5 Å². The van der Waals surface area contributed by atoms with Crippen LogP contribution in [-0.4, -0.2) is 58.2 Å². The van der Waals surface area contributed by atoms with Crippen molar-refractivity contribution in [3.05, 3.63) is 28.2 Å². The van der Waals surface area contributed by atoms with E-state index in [0.717, 1.165) is 46.5 Å². The van der Waals surface area contributed by atoms with Gasteiger partial charge in [-0.1, -0.05) is 15.9 Å². The average molecular weight is 418 g/mol. The summed E-state index contributed by atoms with van der Waals surface area (Å²) in [5, 5.41) is 2.96. The molecule has 0 spiro atoms. The standard InChI is InChI=1S/C16H24BrN3O3S/c1-12-10-14(4-5-15(12)17)20(24(3,22)23)11-16(21)18-13-6-8-19(2)9-7-13/h4-5,10,13H,6-9,11H2,1-3H3,(H,18,21). The van der Waals surface area contributed by atoms with Crippen molar-refractivity contribution in [1.29, 1.82) is 0 Å². The number of nitrogens with zero attached hydrogens (tertiary/aromatic N) is 2. The molecule has 0 atom stereocenters. The summed E-state index contributed by atoms with van der Waals surface area (Å²) < 4.78 is 26.3. The van der Waals surface area contributed by atoms with Crippen molar-refractivity contribution in [2.24, 2.45) is 0 Å². The lowest BCUT2D eigenvalue weighted by molar-refractivity contribution is -0.120. The molecule has 1 fully saturated rings. The first-order chi connectivity index (χ1) is 11.2. The fourth-order valence-corrected chi connectivity index (χ4v) is 3.84. The summed E-state index contributed by atoms with van der Waals surface area (Å²) in [6.07, 6.45) is 2.89. The molecule has 1 heterocycles. The monoisotopic (exact) mass is 417 g/mol. The first kappa shape index (κ1) is 19.2. The summed E-state index contributed by atoms with van der Waals surface area (Å²) in [5.41, 5.74) is 1.41. The third kappa shape index (κ3) is 5.19. The third-order valence-corrected chi connectivity index (χ3v) is 6.23. The maximum atomic E-state index is 12.3. The highest BCUT2D eigenvalue weighted by molar-refractivity contribution is 9.10. The number of likely N-dealkylation sites (tertiary alicyclic amines) is 1. The van der Waals surface area contributed by atoms with E-state index in [1.807, 2.05) is 6.92 Å². The molecule has 1 saturated heterocycles. The minimum atomic E-state index is -3.54. The van der Waals surface area contributed by atoms with E-state index in [0.29, 0.717) is 5.69 Å². The van der Waals surface area contributed by atoms with Gasteiger partial charge in [-0.05, 0) is 63.7 Å². The molecule has 1 aliphatic rings. The summed E-state index contributed by atoms with van der Waals surface area (Å²) in [7, 11) is -1.49. The molecule has 1 aromatic carbocycles. The lowest BCUT2D eigenvalue weighted by Gasteiger charge is -2.30. The van der Waals surface area contributed by atoms with Gasteiger partial charge in [-0.3, -0.25) is 9.10 Å². The van der Waals surface area contributed by atoms with E-state index in [9.17, 15) is 13.2 Å². The van der Waals surface area contributed by atoms with Crippen LogP contribution in [0.3, 0.4) is 0 Å². The molecule has 1 N–H and O–H groups in total. The maximum Gasteiger partial charge on any atom is 0.240 e. The minimum absolute atomic E-state index is 0.113. The molecular weight excluding hydrogens is 394 g/mol. The fourth-order valence-electron chi connectivity index (χ4n) is 2.74. The van der Waals surface area contributed by atoms with Gasteiger partial charge >= 0.3 is 0 Å². The number of hydrogen-bond acceptors (Lipinski definition) is 4. The number of aryl methyl sites for hydroxylation is 1. The molecule has 0 radical (unpaired) electrons. The van der Waals surface area contributed by atoms with E-state index in [2.05, 4.69) is 33.2 Å². The van der Waals surface area contributed by atoms with E-state index in [1.165, 1.54) is 0 Å². The number of piperidine rings is 1. The van der Waals surface area contributed by atoms with Gasteiger partial charge < -0.3 is 10.2 Å². The van der Waals surface area contributed by atoms with Crippen molar-refractivity contribution in [2.75, 3.05) is 37.2 Å². The van der Waals surface area contributed by atoms with E-state index < -0.39 is 10.0 Å². The number of rotatable bonds is 5. The van der Waals surface area contributed by atoms with Gasteiger partial charge in [0.25, 0.3) is 0 Å². The molecule has 1 amide bonds. The molecule has 6 nitrogen and oxygen atoms in total. The van der Waals surface area contributed by atoms with E-state index in [-0.39, 0.29) is 18.5 Å². The lowest BCUT2D eigenvalue weighted by Crippen LogP contribution is -2.47. The Morgan fingerprint density at radius 2 is 2.00 bits per heavy atom. The number of anilines is 1. The van der Waals surface area contributed by atoms with Crippen LogP contribution in [0, 0.1) is 6.92 Å². The molecular formula is C16H24BrN3O3S. The Labute approximate surface area is 152 Å². The summed E-state index contributed by atoms with van der Waals surface area (Å²) >= 11 is 3.40. The number of sulfonamides is 1. The average Bonchev–Trinajstić information content (AvgIpc) is 2.49. The number of nitrogens with one attached hydrogen (secondary N) is 1. The zero-order chi connectivity index (χ0) is 17.9. The quantitative estimate of drug-likeness (QED) is 0.791. The number of carbonyl (C=O) groups is 1. The largest absolute Gasteiger partial charge is 0.352 e. The van der Waals surface area contributed by atoms with Crippen molar-refractivity contribution in [1.82, 2.24) is 10.2 Å². The normalized spacial score (nSPS) is 16.8. The van der Waals surface area contributed by atoms with Gasteiger partial charge in [0.2, 0.25) is 15.9 Å². The molecule has 0 bridgehead atoms. The Bertz CT molecular complexity index is 701. The number of carbonyl (C=O) groups excluding carboxylic acids is 1. The second kappa shape index (κ2) is 7.84. The Morgan fingerprint density at radius 3 is 2.54 bits per heavy atom. The Morgan fingerprint density at radius 1 is 1.38 bits per heavy atom. The van der Waals surface area contributed by atoms with Crippen LogP contribution in [0.25, 0.3) is 0 Å². The van der Waals surface area contributed by atoms with Crippen molar-refractivity contribution in [3.8, 4) is 0 Å². The zero-order valence-corrected chi connectivity index (χ0v) is 16.7. The number of halogens is 1. The van der Waals surface area contributed by atoms with E-state index in [1.54, 1.807) is 18.2 Å². The van der Waals surface area contributed by atoms with Crippen LogP contribution in [0.5, 0.6) is 0 Å². The van der Waals surface area contributed by atoms with Crippen molar-refractivity contribution < 1.29 is 13.2 Å². The Kier molecular flexibility index (Phi) is 6.28. The second-order valence-corrected chi connectivity index (χ2v) is 9.11. The van der Waals surface area contributed by atoms with Crippen LogP contribution in [0.2, 0.25) is 0 Å². The van der Waals surface area contributed by atoms with E-state index in [4.69, 9.17) is 0 Å². The summed E-state index contributed by atoms with van der Waals surface area (Å²) in [5.74, 6) is -0.268. The SMILES string of the molecule is Cc1cc(N(CC(=O)NC2CCN(C)CC2)S(C)(=O)=O)ccc1Br. The fraction of sp³-hybridized carbons (Fsp3) is 0.562. The van der Waals surface area contributed by atoms with Gasteiger partial charge in [-0.2, -0.15) is 0 Å². The molecule has 0 aromatic heterocycles. The summed E-state index contributed by atoms with van der Waals surface area (Å²) in [6, 6.07) is 5.36. The predicted molar refractivity (Wildman–Crippen MR) is 99.7 cm³/mol. The summed E-state index contributed by atoms with van der Waals surface area (Å²) in [6.45, 7) is 3.55. The topological polar surface area (TPSA) is 69.7 Å². The molecule has 2 rings (SSSR count). The summed E-state index contributed by atoms with van der Waals surface area (Å²) in [4.78, 5) is 14.6. The van der Waals surface area contributed by atoms with Crippen molar-refractivity contribution >= 4 is 37.5 Å². The zero-order valence-electron chi connectivity index (χ0n) is 14.3. The molecule has 0 unspecified atom stereocenters. The highest BCUT2D eigenvalue weighted by Crippen LogP contribution is 2.24. The first-order valence-electron chi connectivity index (χ1n) is 7.88. The Hall–Kier alpha value is -1.12. The first-order valence-corrected chi connectivity index (χ1v) is 10.5. The van der Waals surface area contributed by atoms with Gasteiger partial charge in [0.1, 0.15) is 6.54 Å². The second-order valence-electron chi connectivity index (χ2n) is 6.35. The van der Waals surface area contributed by atoms with Gasteiger partial charge in [-0.15, -0.1) is 0 Å². The molecule has 8 heteroatoms. The van der Waals surface area contributed by atoms with Gasteiger partial charge in [-0.25, -0.2) is 8.42 Å². The molecule has 1 aromatic rings. The van der Waals surface area contributed by atoms with Crippen LogP contribution in [0.15, 0.2) is 22.7 Å². The number of benzene rings is 1. The minimum Gasteiger partial charge on any atom is -0.352 e. The molecule has 0 aliphatic carbocycles. The highest BCUT2D eigenvalue weighted by Gasteiger charge is 2.24. The van der Waals surface area contributed by atoms with Crippen LogP contribution in [0.4, 0.5) is 5.69 Å². The number of hydrogen-bond donors (Lipinski definition) is 1. The molecule has 1 aliphatic heterocycles. The molecule has 0 saturated carbocycles. The predicted octanol–water partition coefficient (Wildman–Crippen LogP) is 1.73. The molecule has 134 valence electrons. The van der Waals surface area contributed by atoms with Gasteiger partial charge in [0.05, 0.1) is 11.9 Å². The van der Waals surface area contributed by atoms with Crippen molar-refractivity contribution in [3.63, 3.8) is 0 Å². The van der Waals surface area contributed by atoms with Crippen LogP contribution in [-0.2, 0) is 14.8 Å². The van der Waals surface area contributed by atoms with Crippen molar-refractivity contribution in [2.45, 2.75) is 25.8 Å².